The maximum absolute atomic E-state index is 5.89. The van der Waals surface area contributed by atoms with Crippen LogP contribution in [0.2, 0.25) is 0 Å². The van der Waals surface area contributed by atoms with Crippen molar-refractivity contribution in [2.45, 2.75) is 65.5 Å². The molecular weight excluding hydrogens is 250 g/mol. The molecule has 2 rings (SSSR count). The van der Waals surface area contributed by atoms with E-state index in [1.807, 2.05) is 6.20 Å². The lowest BCUT2D eigenvalue weighted by Gasteiger charge is -2.14. The first-order valence-corrected chi connectivity index (χ1v) is 7.78. The van der Waals surface area contributed by atoms with Crippen LogP contribution in [0.25, 0.3) is 0 Å². The van der Waals surface area contributed by atoms with Crippen molar-refractivity contribution in [3.63, 3.8) is 0 Å². The van der Waals surface area contributed by atoms with Crippen molar-refractivity contribution in [2.75, 3.05) is 6.61 Å². The summed E-state index contributed by atoms with van der Waals surface area (Å²) in [4.78, 5) is 9.07. The van der Waals surface area contributed by atoms with Crippen LogP contribution in [0.4, 0.5) is 0 Å². The van der Waals surface area contributed by atoms with Crippen molar-refractivity contribution in [3.05, 3.63) is 17.7 Å². The molecule has 0 spiro atoms. The molecule has 1 aromatic rings. The number of aromatic nitrogens is 2. The molecule has 20 heavy (non-hydrogen) atoms. The fourth-order valence-corrected chi connectivity index (χ4v) is 1.99. The lowest BCUT2D eigenvalue weighted by Crippen LogP contribution is -2.23. The highest BCUT2D eigenvalue weighted by atomic mass is 16.5. The van der Waals surface area contributed by atoms with Crippen LogP contribution in [0.5, 0.6) is 5.75 Å². The van der Waals surface area contributed by atoms with Crippen molar-refractivity contribution in [1.82, 2.24) is 15.3 Å². The van der Waals surface area contributed by atoms with E-state index in [9.17, 15) is 0 Å². The van der Waals surface area contributed by atoms with Crippen molar-refractivity contribution in [1.29, 1.82) is 0 Å². The minimum absolute atomic E-state index is 0.341. The maximum atomic E-state index is 5.89. The van der Waals surface area contributed by atoms with Gasteiger partial charge in [0.25, 0.3) is 0 Å². The minimum atomic E-state index is 0.341. The molecule has 0 saturated heterocycles. The van der Waals surface area contributed by atoms with Crippen LogP contribution in [0.1, 0.15) is 64.4 Å². The summed E-state index contributed by atoms with van der Waals surface area (Å²) in [5, 5.41) is 3.41. The summed E-state index contributed by atoms with van der Waals surface area (Å²) in [5.74, 6) is 2.96. The third-order valence-electron chi connectivity index (χ3n) is 3.52. The van der Waals surface area contributed by atoms with Crippen LogP contribution in [-0.2, 0) is 6.54 Å². The predicted octanol–water partition coefficient (Wildman–Crippen LogP) is 3.28. The molecule has 0 atom stereocenters. The van der Waals surface area contributed by atoms with Gasteiger partial charge in [-0.15, -0.1) is 0 Å². The van der Waals surface area contributed by atoms with Crippen LogP contribution >= 0.6 is 0 Å². The second kappa shape index (κ2) is 7.02. The zero-order valence-electron chi connectivity index (χ0n) is 13.1. The van der Waals surface area contributed by atoms with Gasteiger partial charge in [0.2, 0.25) is 0 Å². The Balaban J connectivity index is 2.01. The number of rotatable bonds is 8. The summed E-state index contributed by atoms with van der Waals surface area (Å²) in [6.45, 7) is 10.0. The van der Waals surface area contributed by atoms with Gasteiger partial charge in [0.1, 0.15) is 5.82 Å². The van der Waals surface area contributed by atoms with Crippen molar-refractivity contribution in [2.24, 2.45) is 5.92 Å². The van der Waals surface area contributed by atoms with Gasteiger partial charge in [-0.1, -0.05) is 40.5 Å². The average molecular weight is 277 g/mol. The number of ether oxygens (including phenoxy) is 1. The molecule has 1 fully saturated rings. The molecule has 4 heteroatoms. The highest BCUT2D eigenvalue weighted by Crippen LogP contribution is 2.32. The average Bonchev–Trinajstić information content (AvgIpc) is 3.21. The molecule has 0 aliphatic heterocycles. The van der Waals surface area contributed by atoms with Crippen molar-refractivity contribution < 1.29 is 4.74 Å². The molecule has 0 radical (unpaired) electrons. The second-order valence-corrected chi connectivity index (χ2v) is 6.31. The zero-order chi connectivity index (χ0) is 14.5. The normalized spacial score (nSPS) is 15.1. The third kappa shape index (κ3) is 4.75. The molecule has 1 aliphatic rings. The number of hydrogen-bond donors (Lipinski definition) is 1. The van der Waals surface area contributed by atoms with Gasteiger partial charge in [-0.3, -0.25) is 0 Å². The molecular formula is C16H27N3O. The first-order valence-electron chi connectivity index (χ1n) is 7.78. The first-order chi connectivity index (χ1) is 9.56. The second-order valence-electron chi connectivity index (χ2n) is 6.31. The van der Waals surface area contributed by atoms with E-state index >= 15 is 0 Å². The Morgan fingerprint density at radius 2 is 2.05 bits per heavy atom. The van der Waals surface area contributed by atoms with Crippen LogP contribution in [-0.4, -0.2) is 22.6 Å². The first kappa shape index (κ1) is 15.2. The van der Waals surface area contributed by atoms with Crippen LogP contribution in [0.3, 0.4) is 0 Å². The smallest absolute Gasteiger partial charge is 0.160 e. The summed E-state index contributed by atoms with van der Waals surface area (Å²) >= 11 is 0. The number of nitrogens with zero attached hydrogens (tertiary/aromatic N) is 2. The quantitative estimate of drug-likeness (QED) is 0.792. The summed E-state index contributed by atoms with van der Waals surface area (Å²) in [7, 11) is 0. The molecule has 1 heterocycles. The summed E-state index contributed by atoms with van der Waals surface area (Å²) in [5.41, 5.74) is 0.980. The van der Waals surface area contributed by atoms with E-state index in [2.05, 4.69) is 43.0 Å². The summed E-state index contributed by atoms with van der Waals surface area (Å²) < 4.78 is 5.89. The Kier molecular flexibility index (Phi) is 5.35. The molecule has 1 aliphatic carbocycles. The van der Waals surface area contributed by atoms with Gasteiger partial charge in [0.15, 0.2) is 5.75 Å². The fourth-order valence-electron chi connectivity index (χ4n) is 1.99. The summed E-state index contributed by atoms with van der Waals surface area (Å²) in [6, 6.07) is 0.437. The van der Waals surface area contributed by atoms with E-state index in [0.717, 1.165) is 42.8 Å². The lowest BCUT2D eigenvalue weighted by molar-refractivity contribution is 0.295. The van der Waals surface area contributed by atoms with E-state index < -0.39 is 0 Å². The third-order valence-corrected chi connectivity index (χ3v) is 3.52. The highest BCUT2D eigenvalue weighted by molar-refractivity contribution is 5.25. The van der Waals surface area contributed by atoms with Gasteiger partial charge in [0.05, 0.1) is 18.5 Å². The zero-order valence-corrected chi connectivity index (χ0v) is 13.1. The standard InChI is InChI=1S/C16H27N3O/c1-11(2)16-18-10-15(20-8-7-13-5-6-13)14(19-16)9-17-12(3)4/h10-13,17H,5-9H2,1-4H3. The van der Waals surface area contributed by atoms with Gasteiger partial charge in [0, 0.05) is 18.5 Å². The van der Waals surface area contributed by atoms with Crippen LogP contribution in [0, 0.1) is 5.92 Å². The molecule has 1 saturated carbocycles. The Morgan fingerprint density at radius 3 is 2.65 bits per heavy atom. The lowest BCUT2D eigenvalue weighted by atomic mass is 10.2. The molecule has 1 N–H and O–H groups in total. The fraction of sp³-hybridized carbons (Fsp3) is 0.750. The Morgan fingerprint density at radius 1 is 1.30 bits per heavy atom. The Labute approximate surface area is 122 Å². The van der Waals surface area contributed by atoms with E-state index in [4.69, 9.17) is 4.74 Å². The summed E-state index contributed by atoms with van der Waals surface area (Å²) in [6.07, 6.45) is 5.73. The SMILES string of the molecule is CC(C)NCc1nc(C(C)C)ncc1OCCC1CC1. The number of hydrogen-bond acceptors (Lipinski definition) is 4. The highest BCUT2D eigenvalue weighted by Gasteiger charge is 2.21. The Bertz CT molecular complexity index is 428. The predicted molar refractivity (Wildman–Crippen MR) is 80.9 cm³/mol. The van der Waals surface area contributed by atoms with Gasteiger partial charge in [-0.25, -0.2) is 9.97 Å². The largest absolute Gasteiger partial charge is 0.490 e. The monoisotopic (exact) mass is 277 g/mol. The van der Waals surface area contributed by atoms with E-state index in [1.54, 1.807) is 0 Å². The maximum Gasteiger partial charge on any atom is 0.160 e. The van der Waals surface area contributed by atoms with Crippen molar-refractivity contribution >= 4 is 0 Å². The van der Waals surface area contributed by atoms with Gasteiger partial charge < -0.3 is 10.1 Å². The van der Waals surface area contributed by atoms with Crippen LogP contribution < -0.4 is 10.1 Å². The number of nitrogens with one attached hydrogen (secondary N) is 1. The van der Waals surface area contributed by atoms with Gasteiger partial charge in [-0.05, 0) is 12.3 Å². The van der Waals surface area contributed by atoms with Gasteiger partial charge >= 0.3 is 0 Å². The molecule has 0 unspecified atom stereocenters. The van der Waals surface area contributed by atoms with Crippen molar-refractivity contribution in [3.8, 4) is 5.75 Å². The molecule has 112 valence electrons. The van der Waals surface area contributed by atoms with E-state index in [-0.39, 0.29) is 0 Å². The molecule has 0 bridgehead atoms. The molecule has 1 aromatic heterocycles. The minimum Gasteiger partial charge on any atom is -0.490 e. The van der Waals surface area contributed by atoms with Gasteiger partial charge in [-0.2, -0.15) is 0 Å². The molecule has 4 nitrogen and oxygen atoms in total. The topological polar surface area (TPSA) is 47.0 Å². The van der Waals surface area contributed by atoms with E-state index in [0.29, 0.717) is 12.0 Å². The van der Waals surface area contributed by atoms with E-state index in [1.165, 1.54) is 12.8 Å². The molecule has 0 aromatic carbocycles. The Hall–Kier alpha value is -1.16. The molecule has 0 amide bonds. The van der Waals surface area contributed by atoms with Crippen LogP contribution in [0.15, 0.2) is 6.20 Å².